The molecule has 0 saturated carbocycles. The molecule has 0 aliphatic carbocycles. The summed E-state index contributed by atoms with van der Waals surface area (Å²) in [6, 6.07) is 20.2. The topological polar surface area (TPSA) is 24.1 Å². The van der Waals surface area contributed by atoms with E-state index in [0.29, 0.717) is 5.11 Å². The maximum Gasteiger partial charge on any atom is 0.175 e. The minimum absolute atomic E-state index is 0.269. The number of hydrogen-bond donors (Lipinski definition) is 2. The largest absolute Gasteiger partial charge is 0.332 e. The summed E-state index contributed by atoms with van der Waals surface area (Å²) in [6.07, 6.45) is 0. The van der Waals surface area contributed by atoms with Gasteiger partial charge in [0.05, 0.1) is 0 Å². The molecule has 0 unspecified atom stereocenters. The van der Waals surface area contributed by atoms with Gasteiger partial charge >= 0.3 is 0 Å². The Hall–Kier alpha value is -2.46. The number of benzene rings is 3. The van der Waals surface area contributed by atoms with E-state index in [9.17, 15) is 4.39 Å². The molecule has 0 heterocycles. The molecule has 2 nitrogen and oxygen atoms in total. The van der Waals surface area contributed by atoms with Crippen molar-refractivity contribution in [2.24, 2.45) is 0 Å². The van der Waals surface area contributed by atoms with E-state index in [-0.39, 0.29) is 5.82 Å². The van der Waals surface area contributed by atoms with Gasteiger partial charge in [-0.3, -0.25) is 0 Å². The molecule has 2 N–H and O–H groups in total. The number of halogens is 1. The van der Waals surface area contributed by atoms with Crippen LogP contribution in [0.4, 0.5) is 15.8 Å². The molecule has 0 spiro atoms. The SMILES string of the molecule is Fc1ccc(NC(=S)Nc2ccc3ccccc3c2)cc1. The number of anilines is 2. The van der Waals surface area contributed by atoms with Gasteiger partial charge in [-0.25, -0.2) is 4.39 Å². The van der Waals surface area contributed by atoms with Crippen LogP contribution >= 0.6 is 12.2 Å². The van der Waals surface area contributed by atoms with Gasteiger partial charge in [0.2, 0.25) is 0 Å². The highest BCUT2D eigenvalue weighted by molar-refractivity contribution is 7.80. The molecule has 0 fully saturated rings. The molecule has 0 bridgehead atoms. The lowest BCUT2D eigenvalue weighted by molar-refractivity contribution is 0.628. The summed E-state index contributed by atoms with van der Waals surface area (Å²) in [5, 5.41) is 8.94. The van der Waals surface area contributed by atoms with Crippen LogP contribution in [0.3, 0.4) is 0 Å². The highest BCUT2D eigenvalue weighted by Crippen LogP contribution is 2.19. The van der Waals surface area contributed by atoms with E-state index in [2.05, 4.69) is 22.8 Å². The van der Waals surface area contributed by atoms with Gasteiger partial charge in [0.25, 0.3) is 0 Å². The monoisotopic (exact) mass is 296 g/mol. The smallest absolute Gasteiger partial charge is 0.175 e. The van der Waals surface area contributed by atoms with Crippen molar-refractivity contribution in [3.05, 3.63) is 72.5 Å². The Kier molecular flexibility index (Phi) is 3.79. The summed E-state index contributed by atoms with van der Waals surface area (Å²) in [7, 11) is 0. The molecule has 3 aromatic rings. The molecule has 4 heteroatoms. The quantitative estimate of drug-likeness (QED) is 0.665. The first-order valence-corrected chi connectivity index (χ1v) is 6.94. The van der Waals surface area contributed by atoms with Crippen molar-refractivity contribution < 1.29 is 4.39 Å². The molecular formula is C17H13FN2S. The zero-order valence-electron chi connectivity index (χ0n) is 11.1. The molecule has 3 rings (SSSR count). The molecule has 0 saturated heterocycles. The van der Waals surface area contributed by atoms with Crippen LogP contribution in [0.1, 0.15) is 0 Å². The third-order valence-corrected chi connectivity index (χ3v) is 3.31. The summed E-state index contributed by atoms with van der Waals surface area (Å²) in [5.74, 6) is -0.269. The summed E-state index contributed by atoms with van der Waals surface area (Å²) in [5.41, 5.74) is 1.66. The Labute approximate surface area is 127 Å². The van der Waals surface area contributed by atoms with E-state index < -0.39 is 0 Å². The van der Waals surface area contributed by atoms with Crippen molar-refractivity contribution >= 4 is 39.5 Å². The lowest BCUT2D eigenvalue weighted by Gasteiger charge is -2.11. The van der Waals surface area contributed by atoms with Crippen LogP contribution in [-0.2, 0) is 0 Å². The second-order valence-electron chi connectivity index (χ2n) is 4.65. The molecular weight excluding hydrogens is 283 g/mol. The molecule has 0 atom stereocenters. The van der Waals surface area contributed by atoms with Crippen LogP contribution in [0.2, 0.25) is 0 Å². The van der Waals surface area contributed by atoms with Gasteiger partial charge in [-0.1, -0.05) is 30.3 Å². The van der Waals surface area contributed by atoms with Gasteiger partial charge in [-0.2, -0.15) is 0 Å². The van der Waals surface area contributed by atoms with Crippen LogP contribution in [0.25, 0.3) is 10.8 Å². The zero-order valence-corrected chi connectivity index (χ0v) is 12.0. The Balaban J connectivity index is 1.72. The van der Waals surface area contributed by atoms with Crippen molar-refractivity contribution in [2.75, 3.05) is 10.6 Å². The first-order chi connectivity index (χ1) is 10.2. The Morgan fingerprint density at radius 3 is 2.14 bits per heavy atom. The van der Waals surface area contributed by atoms with Crippen LogP contribution in [0.15, 0.2) is 66.7 Å². The van der Waals surface area contributed by atoms with Gasteiger partial charge in [0.1, 0.15) is 5.82 Å². The summed E-state index contributed by atoms with van der Waals surface area (Å²) in [6.45, 7) is 0. The van der Waals surface area contributed by atoms with Crippen molar-refractivity contribution in [1.82, 2.24) is 0 Å². The van der Waals surface area contributed by atoms with E-state index in [1.54, 1.807) is 12.1 Å². The highest BCUT2D eigenvalue weighted by Gasteiger charge is 2.00. The van der Waals surface area contributed by atoms with Crippen molar-refractivity contribution in [2.45, 2.75) is 0 Å². The second kappa shape index (κ2) is 5.89. The number of hydrogen-bond acceptors (Lipinski definition) is 1. The lowest BCUT2D eigenvalue weighted by atomic mass is 10.1. The first-order valence-electron chi connectivity index (χ1n) is 6.53. The van der Waals surface area contributed by atoms with Gasteiger partial charge in [-0.15, -0.1) is 0 Å². The summed E-state index contributed by atoms with van der Waals surface area (Å²) < 4.78 is 12.8. The normalized spacial score (nSPS) is 10.3. The summed E-state index contributed by atoms with van der Waals surface area (Å²) in [4.78, 5) is 0. The number of thiocarbonyl (C=S) groups is 1. The maximum absolute atomic E-state index is 12.8. The predicted octanol–water partition coefficient (Wildman–Crippen LogP) is 4.79. The molecule has 104 valence electrons. The molecule has 21 heavy (non-hydrogen) atoms. The Morgan fingerprint density at radius 2 is 1.38 bits per heavy atom. The van der Waals surface area contributed by atoms with E-state index >= 15 is 0 Å². The van der Waals surface area contributed by atoms with Gasteiger partial charge < -0.3 is 10.6 Å². The van der Waals surface area contributed by atoms with Crippen LogP contribution in [0, 0.1) is 5.82 Å². The average molecular weight is 296 g/mol. The lowest BCUT2D eigenvalue weighted by Crippen LogP contribution is -2.18. The number of fused-ring (bicyclic) bond motifs is 1. The predicted molar refractivity (Wildman–Crippen MR) is 90.2 cm³/mol. The fourth-order valence-corrected chi connectivity index (χ4v) is 2.33. The fraction of sp³-hybridized carbons (Fsp3) is 0. The van der Waals surface area contributed by atoms with Gasteiger partial charge in [0.15, 0.2) is 5.11 Å². The Morgan fingerprint density at radius 1 is 0.762 bits per heavy atom. The highest BCUT2D eigenvalue weighted by atomic mass is 32.1. The van der Waals surface area contributed by atoms with E-state index in [4.69, 9.17) is 12.2 Å². The van der Waals surface area contributed by atoms with Gasteiger partial charge in [0, 0.05) is 11.4 Å². The van der Waals surface area contributed by atoms with E-state index in [0.717, 1.165) is 16.8 Å². The van der Waals surface area contributed by atoms with E-state index in [1.807, 2.05) is 30.3 Å². The van der Waals surface area contributed by atoms with E-state index in [1.165, 1.54) is 17.5 Å². The molecule has 0 aliphatic rings. The molecule has 0 aromatic heterocycles. The minimum Gasteiger partial charge on any atom is -0.332 e. The van der Waals surface area contributed by atoms with Crippen LogP contribution in [-0.4, -0.2) is 5.11 Å². The van der Waals surface area contributed by atoms with Crippen molar-refractivity contribution in [3.8, 4) is 0 Å². The Bertz CT molecular complexity index is 784. The van der Waals surface area contributed by atoms with Crippen LogP contribution < -0.4 is 10.6 Å². The fourth-order valence-electron chi connectivity index (χ4n) is 2.09. The summed E-state index contributed by atoms with van der Waals surface area (Å²) >= 11 is 5.26. The zero-order chi connectivity index (χ0) is 14.7. The third kappa shape index (κ3) is 3.35. The maximum atomic E-state index is 12.8. The molecule has 0 radical (unpaired) electrons. The third-order valence-electron chi connectivity index (χ3n) is 3.11. The standard InChI is InChI=1S/C17H13FN2S/c18-14-6-9-15(10-7-14)19-17(21)20-16-8-5-12-3-1-2-4-13(12)11-16/h1-11H,(H2,19,20,21). The van der Waals surface area contributed by atoms with Crippen molar-refractivity contribution in [1.29, 1.82) is 0 Å². The molecule has 0 aliphatic heterocycles. The molecule has 0 amide bonds. The minimum atomic E-state index is -0.269. The average Bonchev–Trinajstić information content (AvgIpc) is 2.49. The molecule has 3 aromatic carbocycles. The number of rotatable bonds is 2. The first kappa shape index (κ1) is 13.5. The second-order valence-corrected chi connectivity index (χ2v) is 5.06. The van der Waals surface area contributed by atoms with Crippen LogP contribution in [0.5, 0.6) is 0 Å². The van der Waals surface area contributed by atoms with Crippen molar-refractivity contribution in [3.63, 3.8) is 0 Å². The van der Waals surface area contributed by atoms with Gasteiger partial charge in [-0.05, 0) is 59.4 Å². The number of nitrogens with one attached hydrogen (secondary N) is 2.